The Balaban J connectivity index is 3.00. The van der Waals surface area contributed by atoms with Crippen LogP contribution in [0.25, 0.3) is 0 Å². The fourth-order valence-electron chi connectivity index (χ4n) is 1.02. The standard InChI is InChI=1S/C9H11F2N/c1-2-9(12)6-3-7(10)5-8(11)4-6/h3-5,9H,2,12H2,1H3/t9-/m1/s1. The quantitative estimate of drug-likeness (QED) is 0.726. The van der Waals surface area contributed by atoms with E-state index in [9.17, 15) is 8.78 Å². The second kappa shape index (κ2) is 3.63. The average molecular weight is 171 g/mol. The zero-order valence-corrected chi connectivity index (χ0v) is 6.85. The summed E-state index contributed by atoms with van der Waals surface area (Å²) in [7, 11) is 0. The molecule has 0 unspecified atom stereocenters. The summed E-state index contributed by atoms with van der Waals surface area (Å²) in [6, 6.07) is 3.08. The van der Waals surface area contributed by atoms with Crippen molar-refractivity contribution in [1.82, 2.24) is 0 Å². The van der Waals surface area contributed by atoms with Crippen LogP contribution in [-0.4, -0.2) is 0 Å². The minimum Gasteiger partial charge on any atom is -0.324 e. The van der Waals surface area contributed by atoms with E-state index in [-0.39, 0.29) is 6.04 Å². The third-order valence-electron chi connectivity index (χ3n) is 1.75. The minimum absolute atomic E-state index is 0.282. The van der Waals surface area contributed by atoms with Crippen molar-refractivity contribution in [3.8, 4) is 0 Å². The highest BCUT2D eigenvalue weighted by Crippen LogP contribution is 2.16. The molecule has 66 valence electrons. The van der Waals surface area contributed by atoms with Crippen LogP contribution in [0.1, 0.15) is 24.9 Å². The van der Waals surface area contributed by atoms with Gasteiger partial charge >= 0.3 is 0 Å². The average Bonchev–Trinajstić information content (AvgIpc) is 2.01. The van der Waals surface area contributed by atoms with E-state index in [0.717, 1.165) is 6.07 Å². The monoisotopic (exact) mass is 171 g/mol. The molecule has 0 fully saturated rings. The van der Waals surface area contributed by atoms with Crippen LogP contribution in [0.5, 0.6) is 0 Å². The van der Waals surface area contributed by atoms with Gasteiger partial charge in [-0.1, -0.05) is 6.92 Å². The van der Waals surface area contributed by atoms with E-state index < -0.39 is 11.6 Å². The van der Waals surface area contributed by atoms with Crippen molar-refractivity contribution >= 4 is 0 Å². The molecular formula is C9H11F2N. The van der Waals surface area contributed by atoms with Crippen LogP contribution >= 0.6 is 0 Å². The summed E-state index contributed by atoms with van der Waals surface area (Å²) < 4.78 is 25.3. The van der Waals surface area contributed by atoms with Gasteiger partial charge < -0.3 is 5.73 Å². The van der Waals surface area contributed by atoms with Crippen LogP contribution in [0.2, 0.25) is 0 Å². The van der Waals surface area contributed by atoms with Crippen molar-refractivity contribution in [3.05, 3.63) is 35.4 Å². The Hall–Kier alpha value is -0.960. The lowest BCUT2D eigenvalue weighted by Crippen LogP contribution is -2.09. The molecular weight excluding hydrogens is 160 g/mol. The maximum Gasteiger partial charge on any atom is 0.126 e. The smallest absolute Gasteiger partial charge is 0.126 e. The second-order valence-electron chi connectivity index (χ2n) is 2.72. The van der Waals surface area contributed by atoms with Crippen LogP contribution in [0.4, 0.5) is 8.78 Å². The van der Waals surface area contributed by atoms with Crippen molar-refractivity contribution in [2.45, 2.75) is 19.4 Å². The fourth-order valence-corrected chi connectivity index (χ4v) is 1.02. The predicted octanol–water partition coefficient (Wildman–Crippen LogP) is 2.37. The Morgan fingerprint density at radius 1 is 1.25 bits per heavy atom. The molecule has 3 heteroatoms. The molecule has 0 heterocycles. The van der Waals surface area contributed by atoms with Crippen molar-refractivity contribution in [2.75, 3.05) is 0 Å². The summed E-state index contributed by atoms with van der Waals surface area (Å²) in [5, 5.41) is 0. The van der Waals surface area contributed by atoms with Gasteiger partial charge in [0.1, 0.15) is 11.6 Å². The van der Waals surface area contributed by atoms with E-state index in [1.54, 1.807) is 0 Å². The molecule has 1 rings (SSSR count). The van der Waals surface area contributed by atoms with Gasteiger partial charge in [-0.25, -0.2) is 8.78 Å². The molecule has 0 aliphatic rings. The van der Waals surface area contributed by atoms with E-state index in [4.69, 9.17) is 5.73 Å². The minimum atomic E-state index is -0.575. The molecule has 0 aromatic heterocycles. The van der Waals surface area contributed by atoms with Gasteiger partial charge in [-0.2, -0.15) is 0 Å². The number of rotatable bonds is 2. The Labute approximate surface area is 70.2 Å². The van der Waals surface area contributed by atoms with Crippen LogP contribution in [0, 0.1) is 11.6 Å². The fraction of sp³-hybridized carbons (Fsp3) is 0.333. The second-order valence-corrected chi connectivity index (χ2v) is 2.72. The summed E-state index contributed by atoms with van der Waals surface area (Å²) in [5.41, 5.74) is 6.11. The lowest BCUT2D eigenvalue weighted by molar-refractivity contribution is 0.571. The predicted molar refractivity (Wildman–Crippen MR) is 43.6 cm³/mol. The first kappa shape index (κ1) is 9.13. The normalized spacial score (nSPS) is 13.0. The van der Waals surface area contributed by atoms with Crippen LogP contribution in [-0.2, 0) is 0 Å². The SMILES string of the molecule is CC[C@@H](N)c1cc(F)cc(F)c1. The van der Waals surface area contributed by atoms with Gasteiger partial charge in [-0.05, 0) is 24.1 Å². The van der Waals surface area contributed by atoms with Gasteiger partial charge in [0.2, 0.25) is 0 Å². The summed E-state index contributed by atoms with van der Waals surface area (Å²) in [6.07, 6.45) is 0.670. The molecule has 0 spiro atoms. The number of hydrogen-bond donors (Lipinski definition) is 1. The van der Waals surface area contributed by atoms with Crippen LogP contribution in [0.3, 0.4) is 0 Å². The van der Waals surface area contributed by atoms with Crippen LogP contribution < -0.4 is 5.73 Å². The Bertz CT molecular complexity index is 253. The lowest BCUT2D eigenvalue weighted by atomic mass is 10.1. The van der Waals surface area contributed by atoms with Crippen LogP contribution in [0.15, 0.2) is 18.2 Å². The third kappa shape index (κ3) is 2.01. The number of nitrogens with two attached hydrogens (primary N) is 1. The highest BCUT2D eigenvalue weighted by Gasteiger charge is 2.06. The van der Waals surface area contributed by atoms with E-state index >= 15 is 0 Å². The summed E-state index contributed by atoms with van der Waals surface area (Å²) in [5.74, 6) is -1.15. The number of halogens is 2. The molecule has 0 aliphatic heterocycles. The summed E-state index contributed by atoms with van der Waals surface area (Å²) >= 11 is 0. The van der Waals surface area contributed by atoms with Crippen molar-refractivity contribution in [1.29, 1.82) is 0 Å². The highest BCUT2D eigenvalue weighted by molar-refractivity contribution is 5.20. The Morgan fingerprint density at radius 3 is 2.17 bits per heavy atom. The number of benzene rings is 1. The Morgan fingerprint density at radius 2 is 1.75 bits per heavy atom. The molecule has 12 heavy (non-hydrogen) atoms. The van der Waals surface area contributed by atoms with Gasteiger partial charge in [-0.15, -0.1) is 0 Å². The molecule has 0 saturated heterocycles. The highest BCUT2D eigenvalue weighted by atomic mass is 19.1. The molecule has 0 amide bonds. The molecule has 2 N–H and O–H groups in total. The van der Waals surface area contributed by atoms with E-state index in [1.165, 1.54) is 12.1 Å². The molecule has 0 saturated carbocycles. The van der Waals surface area contributed by atoms with Gasteiger partial charge in [-0.3, -0.25) is 0 Å². The largest absolute Gasteiger partial charge is 0.324 e. The van der Waals surface area contributed by atoms with E-state index in [1.807, 2.05) is 6.92 Å². The molecule has 1 nitrogen and oxygen atoms in total. The topological polar surface area (TPSA) is 26.0 Å². The van der Waals surface area contributed by atoms with E-state index in [2.05, 4.69) is 0 Å². The molecule has 0 aliphatic carbocycles. The lowest BCUT2D eigenvalue weighted by Gasteiger charge is -2.08. The molecule has 1 aromatic carbocycles. The maximum atomic E-state index is 12.6. The summed E-state index contributed by atoms with van der Waals surface area (Å²) in [6.45, 7) is 1.87. The first-order valence-electron chi connectivity index (χ1n) is 3.85. The first-order chi connectivity index (χ1) is 5.63. The van der Waals surface area contributed by atoms with Gasteiger partial charge in [0, 0.05) is 12.1 Å². The van der Waals surface area contributed by atoms with Crippen molar-refractivity contribution in [3.63, 3.8) is 0 Å². The van der Waals surface area contributed by atoms with Gasteiger partial charge in [0.15, 0.2) is 0 Å². The maximum absolute atomic E-state index is 12.6. The third-order valence-corrected chi connectivity index (χ3v) is 1.75. The molecule has 1 aromatic rings. The zero-order chi connectivity index (χ0) is 9.14. The first-order valence-corrected chi connectivity index (χ1v) is 3.85. The van der Waals surface area contributed by atoms with Gasteiger partial charge in [0.05, 0.1) is 0 Å². The van der Waals surface area contributed by atoms with Gasteiger partial charge in [0.25, 0.3) is 0 Å². The molecule has 0 bridgehead atoms. The number of hydrogen-bond acceptors (Lipinski definition) is 1. The van der Waals surface area contributed by atoms with Crippen molar-refractivity contribution in [2.24, 2.45) is 5.73 Å². The molecule has 1 atom stereocenters. The van der Waals surface area contributed by atoms with E-state index in [0.29, 0.717) is 12.0 Å². The zero-order valence-electron chi connectivity index (χ0n) is 6.85. The Kier molecular flexibility index (Phi) is 2.76. The summed E-state index contributed by atoms with van der Waals surface area (Å²) in [4.78, 5) is 0. The van der Waals surface area contributed by atoms with Crippen molar-refractivity contribution < 1.29 is 8.78 Å². The molecule has 0 radical (unpaired) electrons.